The summed E-state index contributed by atoms with van der Waals surface area (Å²) in [6.45, 7) is 9.78. The molecule has 0 radical (unpaired) electrons. The maximum Gasteiger partial charge on any atom is 0.389 e. The SMILES string of the molecule is CC(C)NC(=O)N(C)C[C@@H]1OCCCC[C@@H](C)Oc2ccc(NC(=O)CCC(F)(F)F)cc2C(=O)N([C@@H](C)CO)C[C@H]1C. The lowest BCUT2D eigenvalue weighted by Crippen LogP contribution is -2.49. The van der Waals surface area contributed by atoms with Crippen LogP contribution in [0, 0.1) is 5.92 Å². The summed E-state index contributed by atoms with van der Waals surface area (Å²) in [6, 6.07) is 3.50. The van der Waals surface area contributed by atoms with Gasteiger partial charge < -0.3 is 35.0 Å². The Labute approximate surface area is 252 Å². The molecule has 3 N–H and O–H groups in total. The number of carbonyl (C=O) groups excluding carboxylic acids is 3. The molecule has 4 amide bonds. The molecule has 0 unspecified atom stereocenters. The predicted octanol–water partition coefficient (Wildman–Crippen LogP) is 4.81. The molecule has 0 saturated carbocycles. The third-order valence-electron chi connectivity index (χ3n) is 7.18. The fourth-order valence-corrected chi connectivity index (χ4v) is 4.65. The normalized spacial score (nSPS) is 21.3. The topological polar surface area (TPSA) is 120 Å². The van der Waals surface area contributed by atoms with Gasteiger partial charge in [-0.15, -0.1) is 0 Å². The van der Waals surface area contributed by atoms with E-state index in [1.807, 2.05) is 27.7 Å². The van der Waals surface area contributed by atoms with Gasteiger partial charge in [0.1, 0.15) is 5.75 Å². The molecule has 1 aliphatic heterocycles. The zero-order valence-corrected chi connectivity index (χ0v) is 26.0. The number of hydrogen-bond donors (Lipinski definition) is 3. The first-order valence-corrected chi connectivity index (χ1v) is 14.8. The van der Waals surface area contributed by atoms with E-state index in [2.05, 4.69) is 10.6 Å². The van der Waals surface area contributed by atoms with Gasteiger partial charge in [-0.2, -0.15) is 13.2 Å². The standard InChI is InChI=1S/C30H47F3N4O6/c1-19(2)34-29(41)36(6)17-26-20(3)16-37(21(4)18-38)28(40)24-15-23(35-27(39)12-13-30(31,32)33)10-11-25(24)43-22(5)9-7-8-14-42-26/h10-11,15,19-22,26,38H,7-9,12-14,16-18H2,1-6H3,(H,34,41)(H,35,39)/t20-,21+,22-,26+/m1/s1. The number of aliphatic hydroxyl groups excluding tert-OH is 1. The van der Waals surface area contributed by atoms with Crippen LogP contribution in [0.15, 0.2) is 18.2 Å². The van der Waals surface area contributed by atoms with E-state index in [-0.39, 0.29) is 60.8 Å². The molecular weight excluding hydrogens is 569 g/mol. The highest BCUT2D eigenvalue weighted by atomic mass is 19.4. The molecule has 2 rings (SSSR count). The van der Waals surface area contributed by atoms with Gasteiger partial charge in [-0.05, 0) is 65.2 Å². The number of benzene rings is 1. The molecule has 0 saturated heterocycles. The second kappa shape index (κ2) is 16.7. The van der Waals surface area contributed by atoms with Crippen molar-refractivity contribution in [1.82, 2.24) is 15.1 Å². The number of amides is 4. The van der Waals surface area contributed by atoms with Gasteiger partial charge in [0.05, 0.1) is 36.8 Å². The number of ether oxygens (including phenoxy) is 2. The van der Waals surface area contributed by atoms with E-state index in [0.29, 0.717) is 13.0 Å². The number of nitrogens with one attached hydrogen (secondary N) is 2. The first-order valence-electron chi connectivity index (χ1n) is 14.8. The van der Waals surface area contributed by atoms with Crippen molar-refractivity contribution in [2.45, 2.75) is 97.2 Å². The van der Waals surface area contributed by atoms with Crippen LogP contribution in [-0.4, -0.2) is 96.6 Å². The van der Waals surface area contributed by atoms with Gasteiger partial charge in [-0.25, -0.2) is 4.79 Å². The fourth-order valence-electron chi connectivity index (χ4n) is 4.65. The Balaban J connectivity index is 2.42. The summed E-state index contributed by atoms with van der Waals surface area (Å²) in [7, 11) is 1.68. The Morgan fingerprint density at radius 2 is 1.88 bits per heavy atom. The van der Waals surface area contributed by atoms with Crippen LogP contribution in [0.4, 0.5) is 23.7 Å². The van der Waals surface area contributed by atoms with Gasteiger partial charge >= 0.3 is 12.2 Å². The highest BCUT2D eigenvalue weighted by Crippen LogP contribution is 2.29. The van der Waals surface area contributed by atoms with Crippen molar-refractivity contribution in [2.75, 3.05) is 38.7 Å². The maximum atomic E-state index is 14.1. The van der Waals surface area contributed by atoms with Crippen molar-refractivity contribution >= 4 is 23.5 Å². The minimum absolute atomic E-state index is 0.0422. The van der Waals surface area contributed by atoms with Crippen molar-refractivity contribution in [3.05, 3.63) is 23.8 Å². The number of likely N-dealkylation sites (N-methyl/N-ethyl adjacent to an activating group) is 1. The molecule has 43 heavy (non-hydrogen) atoms. The van der Waals surface area contributed by atoms with E-state index in [1.54, 1.807) is 18.9 Å². The summed E-state index contributed by atoms with van der Waals surface area (Å²) in [5.41, 5.74) is 0.260. The van der Waals surface area contributed by atoms with Crippen molar-refractivity contribution < 1.29 is 42.1 Å². The number of halogens is 3. The summed E-state index contributed by atoms with van der Waals surface area (Å²) < 4.78 is 50.2. The van der Waals surface area contributed by atoms with Crippen molar-refractivity contribution in [3.8, 4) is 5.75 Å². The lowest BCUT2D eigenvalue weighted by Gasteiger charge is -2.36. The summed E-state index contributed by atoms with van der Waals surface area (Å²) in [5, 5.41) is 15.4. The monoisotopic (exact) mass is 616 g/mol. The smallest absolute Gasteiger partial charge is 0.389 e. The van der Waals surface area contributed by atoms with E-state index in [1.165, 1.54) is 23.1 Å². The van der Waals surface area contributed by atoms with Crippen LogP contribution in [0.1, 0.15) is 77.1 Å². The lowest BCUT2D eigenvalue weighted by atomic mass is 10.0. The number of hydrogen-bond acceptors (Lipinski definition) is 6. The molecule has 1 heterocycles. The molecule has 0 spiro atoms. The average Bonchev–Trinajstić information content (AvgIpc) is 2.92. The maximum absolute atomic E-state index is 14.1. The molecule has 4 atom stereocenters. The van der Waals surface area contributed by atoms with Crippen molar-refractivity contribution in [2.24, 2.45) is 5.92 Å². The Hall–Kier alpha value is -3.06. The number of nitrogens with zero attached hydrogens (tertiary/aromatic N) is 2. The number of urea groups is 1. The van der Waals surface area contributed by atoms with E-state index >= 15 is 0 Å². The van der Waals surface area contributed by atoms with Gasteiger partial charge in [0.15, 0.2) is 0 Å². The van der Waals surface area contributed by atoms with Gasteiger partial charge in [0.25, 0.3) is 5.91 Å². The summed E-state index contributed by atoms with van der Waals surface area (Å²) in [6.07, 6.45) is -4.97. The van der Waals surface area contributed by atoms with Crippen LogP contribution in [0.2, 0.25) is 0 Å². The molecule has 0 aliphatic carbocycles. The molecule has 13 heteroatoms. The third kappa shape index (κ3) is 12.2. The van der Waals surface area contributed by atoms with Gasteiger partial charge in [0, 0.05) is 50.8 Å². The van der Waals surface area contributed by atoms with E-state index in [0.717, 1.165) is 12.8 Å². The van der Waals surface area contributed by atoms with E-state index in [4.69, 9.17) is 9.47 Å². The minimum Gasteiger partial charge on any atom is -0.490 e. The van der Waals surface area contributed by atoms with Crippen LogP contribution in [0.3, 0.4) is 0 Å². The summed E-state index contributed by atoms with van der Waals surface area (Å²) >= 11 is 0. The number of carbonyl (C=O) groups is 3. The van der Waals surface area contributed by atoms with Gasteiger partial charge in [-0.3, -0.25) is 9.59 Å². The number of fused-ring (bicyclic) bond motifs is 1. The molecule has 1 aliphatic rings. The first-order chi connectivity index (χ1) is 20.1. The molecule has 1 aromatic rings. The zero-order chi connectivity index (χ0) is 32.3. The third-order valence-corrected chi connectivity index (χ3v) is 7.18. The number of alkyl halides is 3. The average molecular weight is 617 g/mol. The summed E-state index contributed by atoms with van der Waals surface area (Å²) in [4.78, 5) is 41.9. The quantitative estimate of drug-likeness (QED) is 0.386. The zero-order valence-electron chi connectivity index (χ0n) is 26.0. The van der Waals surface area contributed by atoms with Crippen LogP contribution in [0.25, 0.3) is 0 Å². The second-order valence-corrected chi connectivity index (χ2v) is 11.7. The summed E-state index contributed by atoms with van der Waals surface area (Å²) in [5.74, 6) is -1.31. The van der Waals surface area contributed by atoms with Crippen LogP contribution >= 0.6 is 0 Å². The fraction of sp³-hybridized carbons (Fsp3) is 0.700. The van der Waals surface area contributed by atoms with Crippen molar-refractivity contribution in [3.63, 3.8) is 0 Å². The van der Waals surface area contributed by atoms with Crippen molar-refractivity contribution in [1.29, 1.82) is 0 Å². The first kappa shape index (κ1) is 36.1. The largest absolute Gasteiger partial charge is 0.490 e. The number of rotatable bonds is 8. The Kier molecular flexibility index (Phi) is 14.0. The van der Waals surface area contributed by atoms with Crippen LogP contribution in [-0.2, 0) is 9.53 Å². The van der Waals surface area contributed by atoms with Crippen LogP contribution in [0.5, 0.6) is 5.75 Å². The Bertz CT molecular complexity index is 1070. The molecule has 0 bridgehead atoms. The van der Waals surface area contributed by atoms with Gasteiger partial charge in [0.2, 0.25) is 5.91 Å². The van der Waals surface area contributed by atoms with E-state index in [9.17, 15) is 32.7 Å². The molecule has 10 nitrogen and oxygen atoms in total. The highest BCUT2D eigenvalue weighted by Gasteiger charge is 2.31. The number of anilines is 1. The predicted molar refractivity (Wildman–Crippen MR) is 157 cm³/mol. The molecule has 0 fully saturated rings. The minimum atomic E-state index is -4.47. The van der Waals surface area contributed by atoms with E-state index < -0.39 is 43.0 Å². The Morgan fingerprint density at radius 1 is 1.19 bits per heavy atom. The van der Waals surface area contributed by atoms with Crippen LogP contribution < -0.4 is 15.4 Å². The lowest BCUT2D eigenvalue weighted by molar-refractivity contribution is -0.142. The number of aliphatic hydroxyl groups is 1. The molecule has 1 aromatic carbocycles. The molecular formula is C30H47F3N4O6. The molecule has 244 valence electrons. The molecule has 0 aromatic heterocycles. The van der Waals surface area contributed by atoms with Gasteiger partial charge in [-0.1, -0.05) is 6.92 Å². The highest BCUT2D eigenvalue weighted by molar-refractivity contribution is 5.99. The Morgan fingerprint density at radius 3 is 2.51 bits per heavy atom. The second-order valence-electron chi connectivity index (χ2n) is 11.7.